The highest BCUT2D eigenvalue weighted by Crippen LogP contribution is 2.24. The number of nitrogens with two attached hydrogens (primary N) is 1. The highest BCUT2D eigenvalue weighted by atomic mass is 32.2. The zero-order chi connectivity index (χ0) is 20.5. The van der Waals surface area contributed by atoms with Crippen LogP contribution in [0.3, 0.4) is 0 Å². The van der Waals surface area contributed by atoms with E-state index in [0.717, 1.165) is 0 Å². The fraction of sp³-hybridized carbons (Fsp3) is 0.353. The first kappa shape index (κ1) is 20.5. The Kier molecular flexibility index (Phi) is 5.62. The summed E-state index contributed by atoms with van der Waals surface area (Å²) in [6, 6.07) is 7.65. The molecule has 0 radical (unpaired) electrons. The van der Waals surface area contributed by atoms with E-state index in [0.29, 0.717) is 24.4 Å². The van der Waals surface area contributed by atoms with Crippen LogP contribution < -0.4 is 15.5 Å². The highest BCUT2D eigenvalue weighted by Gasteiger charge is 2.30. The van der Waals surface area contributed by atoms with Gasteiger partial charge in [0.2, 0.25) is 20.0 Å². The molecule has 0 amide bonds. The molecule has 0 atom stereocenters. The summed E-state index contributed by atoms with van der Waals surface area (Å²) in [5, 5.41) is 5.03. The first-order valence-corrected chi connectivity index (χ1v) is 11.5. The maximum absolute atomic E-state index is 12.8. The van der Waals surface area contributed by atoms with Crippen molar-refractivity contribution < 1.29 is 26.0 Å². The Morgan fingerprint density at radius 2 is 1.61 bits per heavy atom. The molecule has 9 nitrogen and oxygen atoms in total. The second-order valence-electron chi connectivity index (χ2n) is 6.46. The van der Waals surface area contributed by atoms with Gasteiger partial charge in [0, 0.05) is 19.2 Å². The zero-order valence-corrected chi connectivity index (χ0v) is 16.7. The van der Waals surface area contributed by atoms with Gasteiger partial charge in [-0.2, -0.15) is 4.31 Å². The minimum atomic E-state index is -3.89. The molecule has 0 bridgehead atoms. The second-order valence-corrected chi connectivity index (χ2v) is 9.96. The molecule has 1 aliphatic heterocycles. The normalized spacial score (nSPS) is 16.8. The largest absolute Gasteiger partial charge is 0.490 e. The molecular formula is C17H20N2O7S2. The molecule has 1 saturated heterocycles. The van der Waals surface area contributed by atoms with Gasteiger partial charge in [-0.15, -0.1) is 0 Å². The van der Waals surface area contributed by atoms with Gasteiger partial charge < -0.3 is 9.15 Å². The van der Waals surface area contributed by atoms with Gasteiger partial charge in [-0.05, 0) is 44.0 Å². The summed E-state index contributed by atoms with van der Waals surface area (Å²) in [6.45, 7) is 2.12. The third-order valence-corrected chi connectivity index (χ3v) is 7.20. The van der Waals surface area contributed by atoms with Crippen LogP contribution in [-0.4, -0.2) is 40.3 Å². The van der Waals surface area contributed by atoms with Crippen LogP contribution in [0.2, 0.25) is 0 Å². The first-order chi connectivity index (χ1) is 13.1. The second kappa shape index (κ2) is 7.66. The van der Waals surface area contributed by atoms with Crippen molar-refractivity contribution in [3.63, 3.8) is 0 Å². The number of benzene rings is 1. The summed E-state index contributed by atoms with van der Waals surface area (Å²) < 4.78 is 60.1. The summed E-state index contributed by atoms with van der Waals surface area (Å²) in [5.41, 5.74) is -0.502. The summed E-state index contributed by atoms with van der Waals surface area (Å²) in [7, 11) is -7.64. The maximum Gasteiger partial charge on any atom is 0.339 e. The molecule has 1 aliphatic rings. The molecule has 1 aromatic carbocycles. The lowest BCUT2D eigenvalue weighted by Crippen LogP contribution is -2.41. The lowest BCUT2D eigenvalue weighted by atomic mass is 10.1. The van der Waals surface area contributed by atoms with Gasteiger partial charge in [0.15, 0.2) is 0 Å². The van der Waals surface area contributed by atoms with Crippen LogP contribution in [0.15, 0.2) is 55.4 Å². The Morgan fingerprint density at radius 3 is 2.14 bits per heavy atom. The van der Waals surface area contributed by atoms with E-state index in [1.54, 1.807) is 13.0 Å². The smallest absolute Gasteiger partial charge is 0.339 e. The van der Waals surface area contributed by atoms with Gasteiger partial charge in [0.1, 0.15) is 17.6 Å². The Balaban J connectivity index is 1.67. The lowest BCUT2D eigenvalue weighted by Gasteiger charge is -2.31. The van der Waals surface area contributed by atoms with Gasteiger partial charge in [-0.1, -0.05) is 0 Å². The van der Waals surface area contributed by atoms with Crippen molar-refractivity contribution >= 4 is 20.0 Å². The van der Waals surface area contributed by atoms with E-state index in [1.807, 2.05) is 0 Å². The number of nitrogens with zero attached hydrogens (tertiary/aromatic N) is 1. The number of sulfonamides is 2. The van der Waals surface area contributed by atoms with E-state index in [2.05, 4.69) is 0 Å². The lowest BCUT2D eigenvalue weighted by molar-refractivity contribution is 0.134. The standard InChI is InChI=1S/C17H20N2O7S2/c1-12-10-14(11-17(20)25-12)26-13-6-8-19(9-7-13)28(23,24)16-4-2-15(3-5-16)27(18,21)22/h2-5,10-11,13H,6-9H2,1H3,(H2,18,21,22). The van der Waals surface area contributed by atoms with E-state index in [9.17, 15) is 21.6 Å². The van der Waals surface area contributed by atoms with Crippen molar-refractivity contribution in [3.05, 3.63) is 52.6 Å². The number of primary sulfonamides is 1. The molecule has 0 unspecified atom stereocenters. The highest BCUT2D eigenvalue weighted by molar-refractivity contribution is 7.89. The molecule has 3 rings (SSSR count). The molecule has 0 aliphatic carbocycles. The molecule has 1 fully saturated rings. The fourth-order valence-corrected chi connectivity index (χ4v) is 4.96. The van der Waals surface area contributed by atoms with E-state index in [4.69, 9.17) is 14.3 Å². The molecule has 2 heterocycles. The SMILES string of the molecule is Cc1cc(OC2CCN(S(=O)(=O)c3ccc(S(N)(=O)=O)cc3)CC2)cc(=O)o1. The van der Waals surface area contributed by atoms with Gasteiger partial charge >= 0.3 is 5.63 Å². The van der Waals surface area contributed by atoms with E-state index in [1.165, 1.54) is 34.6 Å². The van der Waals surface area contributed by atoms with Crippen LogP contribution in [0.4, 0.5) is 0 Å². The minimum Gasteiger partial charge on any atom is -0.490 e. The van der Waals surface area contributed by atoms with Crippen LogP contribution in [-0.2, 0) is 20.0 Å². The van der Waals surface area contributed by atoms with Crippen LogP contribution in [0.25, 0.3) is 0 Å². The first-order valence-electron chi connectivity index (χ1n) is 8.47. The van der Waals surface area contributed by atoms with Crippen LogP contribution in [0, 0.1) is 6.92 Å². The van der Waals surface area contributed by atoms with E-state index < -0.39 is 25.7 Å². The summed E-state index contributed by atoms with van der Waals surface area (Å²) in [5.74, 6) is 0.832. The quantitative estimate of drug-likeness (QED) is 0.744. The predicted octanol–water partition coefficient (Wildman–Crippen LogP) is 0.828. The predicted molar refractivity (Wildman–Crippen MR) is 99.9 cm³/mol. The molecular weight excluding hydrogens is 408 g/mol. The summed E-state index contributed by atoms with van der Waals surface area (Å²) in [6.07, 6.45) is 0.680. The van der Waals surface area contributed by atoms with E-state index in [-0.39, 0.29) is 29.0 Å². The van der Waals surface area contributed by atoms with Crippen molar-refractivity contribution in [2.24, 2.45) is 5.14 Å². The van der Waals surface area contributed by atoms with Crippen LogP contribution in [0.5, 0.6) is 5.75 Å². The average molecular weight is 428 g/mol. The molecule has 1 aromatic heterocycles. The third kappa shape index (κ3) is 4.61. The summed E-state index contributed by atoms with van der Waals surface area (Å²) in [4.78, 5) is 11.2. The fourth-order valence-electron chi connectivity index (χ4n) is 2.98. The Bertz CT molecular complexity index is 1110. The Labute approximate surface area is 162 Å². The number of hydrogen-bond donors (Lipinski definition) is 1. The van der Waals surface area contributed by atoms with Crippen molar-refractivity contribution in [2.45, 2.75) is 35.7 Å². The van der Waals surface area contributed by atoms with Crippen molar-refractivity contribution in [1.82, 2.24) is 4.31 Å². The molecule has 11 heteroatoms. The number of rotatable bonds is 5. The van der Waals surface area contributed by atoms with Crippen molar-refractivity contribution in [2.75, 3.05) is 13.1 Å². The number of hydrogen-bond acceptors (Lipinski definition) is 7. The van der Waals surface area contributed by atoms with E-state index >= 15 is 0 Å². The number of piperidine rings is 1. The number of ether oxygens (including phenoxy) is 1. The van der Waals surface area contributed by atoms with Crippen molar-refractivity contribution in [1.29, 1.82) is 0 Å². The van der Waals surface area contributed by atoms with Gasteiger partial charge in [-0.3, -0.25) is 0 Å². The monoisotopic (exact) mass is 428 g/mol. The van der Waals surface area contributed by atoms with Gasteiger partial charge in [0.25, 0.3) is 0 Å². The van der Waals surface area contributed by atoms with Crippen LogP contribution in [0.1, 0.15) is 18.6 Å². The third-order valence-electron chi connectivity index (χ3n) is 4.36. The molecule has 2 aromatic rings. The Hall–Kier alpha value is -2.21. The topological polar surface area (TPSA) is 137 Å². The van der Waals surface area contributed by atoms with Gasteiger partial charge in [0.05, 0.1) is 15.9 Å². The van der Waals surface area contributed by atoms with Crippen molar-refractivity contribution in [3.8, 4) is 5.75 Å². The summed E-state index contributed by atoms with van der Waals surface area (Å²) >= 11 is 0. The van der Waals surface area contributed by atoms with Crippen LogP contribution >= 0.6 is 0 Å². The molecule has 2 N–H and O–H groups in total. The molecule has 0 saturated carbocycles. The maximum atomic E-state index is 12.8. The average Bonchev–Trinajstić information content (AvgIpc) is 2.61. The number of aryl methyl sites for hydroxylation is 1. The minimum absolute atomic E-state index is 0.00411. The molecule has 28 heavy (non-hydrogen) atoms. The zero-order valence-electron chi connectivity index (χ0n) is 15.1. The molecule has 152 valence electrons. The Morgan fingerprint density at radius 1 is 1.04 bits per heavy atom. The molecule has 0 spiro atoms. The van der Waals surface area contributed by atoms with Gasteiger partial charge in [-0.25, -0.2) is 26.8 Å².